The third kappa shape index (κ3) is 3.27. The Morgan fingerprint density at radius 1 is 0.450 bits per heavy atom. The number of anilines is 3. The molecule has 6 aromatic carbocycles. The van der Waals surface area contributed by atoms with E-state index < -0.39 is 0 Å². The summed E-state index contributed by atoms with van der Waals surface area (Å²) in [5.41, 5.74) is 6.20. The summed E-state index contributed by atoms with van der Waals surface area (Å²) in [4.78, 5) is 4.96. The van der Waals surface area contributed by atoms with Crippen LogP contribution in [0.3, 0.4) is 0 Å². The van der Waals surface area contributed by atoms with Crippen LogP contribution in [0, 0.1) is 0 Å². The van der Waals surface area contributed by atoms with Gasteiger partial charge in [-0.15, -0.1) is 22.7 Å². The van der Waals surface area contributed by atoms with Crippen molar-refractivity contribution < 1.29 is 0 Å². The molecule has 188 valence electrons. The fourth-order valence-corrected chi connectivity index (χ4v) is 9.62. The summed E-state index contributed by atoms with van der Waals surface area (Å²) in [5, 5.41) is 5.48. The molecular weight excluding hydrogens is 543 g/mol. The molecule has 9 rings (SSSR count). The van der Waals surface area contributed by atoms with E-state index >= 15 is 0 Å². The number of thiophene rings is 2. The van der Waals surface area contributed by atoms with Gasteiger partial charge in [-0.3, -0.25) is 0 Å². The van der Waals surface area contributed by atoms with Crippen molar-refractivity contribution in [3.05, 3.63) is 127 Å². The smallest absolute Gasteiger partial charge is 0.0601 e. The van der Waals surface area contributed by atoms with Crippen molar-refractivity contribution in [2.45, 2.75) is 9.79 Å². The molecule has 40 heavy (non-hydrogen) atoms. The molecule has 1 aliphatic rings. The lowest BCUT2D eigenvalue weighted by Crippen LogP contribution is -2.14. The Hall–Kier alpha value is -4.09. The van der Waals surface area contributed by atoms with Gasteiger partial charge in [-0.25, -0.2) is 0 Å². The van der Waals surface area contributed by atoms with Crippen LogP contribution >= 0.6 is 34.4 Å². The summed E-state index contributed by atoms with van der Waals surface area (Å²) in [7, 11) is 0. The lowest BCUT2D eigenvalue weighted by atomic mass is 9.98. The van der Waals surface area contributed by atoms with Gasteiger partial charge < -0.3 is 4.90 Å². The summed E-state index contributed by atoms with van der Waals surface area (Å²) in [6.45, 7) is 0. The van der Waals surface area contributed by atoms with Gasteiger partial charge in [-0.1, -0.05) is 84.6 Å². The van der Waals surface area contributed by atoms with Crippen LogP contribution in [0.25, 0.3) is 51.5 Å². The Morgan fingerprint density at radius 2 is 1.12 bits per heavy atom. The average Bonchev–Trinajstić information content (AvgIpc) is 3.58. The maximum Gasteiger partial charge on any atom is 0.0601 e. The average molecular weight is 564 g/mol. The van der Waals surface area contributed by atoms with Crippen LogP contribution in [0.2, 0.25) is 0 Å². The quantitative estimate of drug-likeness (QED) is 0.206. The topological polar surface area (TPSA) is 3.24 Å². The summed E-state index contributed by atoms with van der Waals surface area (Å²) in [5.74, 6) is 0. The molecule has 2 aromatic heterocycles. The summed E-state index contributed by atoms with van der Waals surface area (Å²) in [6, 6.07) is 46.7. The number of benzene rings is 6. The molecule has 0 spiro atoms. The molecule has 0 saturated heterocycles. The third-order valence-corrected chi connectivity index (χ3v) is 11.3. The van der Waals surface area contributed by atoms with Gasteiger partial charge in [0.15, 0.2) is 0 Å². The molecule has 0 fully saturated rings. The zero-order valence-electron chi connectivity index (χ0n) is 21.3. The minimum Gasteiger partial charge on any atom is -0.308 e. The Morgan fingerprint density at radius 3 is 1.93 bits per heavy atom. The maximum absolute atomic E-state index is 2.40. The van der Waals surface area contributed by atoms with E-state index in [0.717, 1.165) is 0 Å². The van der Waals surface area contributed by atoms with Crippen LogP contribution in [0.4, 0.5) is 17.1 Å². The summed E-state index contributed by atoms with van der Waals surface area (Å²) in [6.07, 6.45) is 0. The van der Waals surface area contributed by atoms with Crippen LogP contribution in [0.1, 0.15) is 0 Å². The molecule has 4 heteroatoms. The molecule has 0 saturated carbocycles. The van der Waals surface area contributed by atoms with Crippen LogP contribution in [-0.4, -0.2) is 0 Å². The second-order valence-corrected chi connectivity index (χ2v) is 13.3. The number of nitrogens with zero attached hydrogens (tertiary/aromatic N) is 1. The Balaban J connectivity index is 1.24. The third-order valence-electron chi connectivity index (χ3n) is 7.87. The van der Waals surface area contributed by atoms with E-state index in [4.69, 9.17) is 0 Å². The molecule has 0 unspecified atom stereocenters. The van der Waals surface area contributed by atoms with Crippen molar-refractivity contribution >= 4 is 91.8 Å². The molecule has 0 aliphatic carbocycles. The highest BCUT2D eigenvalue weighted by Crippen LogP contribution is 2.52. The predicted octanol–water partition coefficient (Wildman–Crippen LogP) is 12.0. The van der Waals surface area contributed by atoms with Crippen LogP contribution in [0.15, 0.2) is 137 Å². The molecule has 0 amide bonds. The molecule has 3 heterocycles. The van der Waals surface area contributed by atoms with Gasteiger partial charge in [0.2, 0.25) is 0 Å². The van der Waals surface area contributed by atoms with Crippen molar-refractivity contribution in [3.63, 3.8) is 0 Å². The van der Waals surface area contributed by atoms with Gasteiger partial charge in [0, 0.05) is 55.8 Å². The Kier molecular flexibility index (Phi) is 4.94. The lowest BCUT2D eigenvalue weighted by molar-refractivity contribution is 1.17. The molecule has 1 nitrogen and oxygen atoms in total. The first-order chi connectivity index (χ1) is 19.8. The zero-order chi connectivity index (χ0) is 26.2. The zero-order valence-corrected chi connectivity index (χ0v) is 23.7. The molecule has 0 bridgehead atoms. The highest BCUT2D eigenvalue weighted by molar-refractivity contribution is 7.99. The van der Waals surface area contributed by atoms with E-state index in [1.807, 2.05) is 34.4 Å². The van der Waals surface area contributed by atoms with Crippen molar-refractivity contribution in [2.75, 3.05) is 4.90 Å². The second-order valence-electron chi connectivity index (χ2n) is 10.1. The van der Waals surface area contributed by atoms with Gasteiger partial charge in [-0.05, 0) is 65.7 Å². The number of hydrogen-bond acceptors (Lipinski definition) is 4. The number of rotatable bonds is 2. The highest BCUT2D eigenvalue weighted by atomic mass is 32.2. The summed E-state index contributed by atoms with van der Waals surface area (Å²) < 4.78 is 5.45. The Bertz CT molecular complexity index is 2210. The molecule has 1 aliphatic heterocycles. The SMILES string of the molecule is c1ccc2c(c1)Sc1ccccc1N2c1ccc(-c2cccc3sc4ccc5c6ccccc6sc5c4c23)cc1. The first kappa shape index (κ1) is 22.7. The maximum atomic E-state index is 2.40. The molecule has 0 N–H and O–H groups in total. The van der Waals surface area contributed by atoms with E-state index in [1.54, 1.807) is 0 Å². The first-order valence-corrected chi connectivity index (χ1v) is 15.8. The fraction of sp³-hybridized carbons (Fsp3) is 0. The minimum atomic E-state index is 1.18. The largest absolute Gasteiger partial charge is 0.308 e. The van der Waals surface area contributed by atoms with Gasteiger partial charge in [0.1, 0.15) is 0 Å². The monoisotopic (exact) mass is 563 g/mol. The predicted molar refractivity (Wildman–Crippen MR) is 176 cm³/mol. The summed E-state index contributed by atoms with van der Waals surface area (Å²) >= 11 is 5.67. The molecule has 0 radical (unpaired) electrons. The van der Waals surface area contributed by atoms with Crippen molar-refractivity contribution in [2.24, 2.45) is 0 Å². The van der Waals surface area contributed by atoms with Gasteiger partial charge in [0.25, 0.3) is 0 Å². The number of hydrogen-bond donors (Lipinski definition) is 0. The number of fused-ring (bicyclic) bond motifs is 9. The van der Waals surface area contributed by atoms with E-state index in [0.29, 0.717) is 0 Å². The van der Waals surface area contributed by atoms with E-state index in [1.165, 1.54) is 78.3 Å². The van der Waals surface area contributed by atoms with Crippen molar-refractivity contribution in [1.82, 2.24) is 0 Å². The van der Waals surface area contributed by atoms with E-state index in [9.17, 15) is 0 Å². The first-order valence-electron chi connectivity index (χ1n) is 13.4. The van der Waals surface area contributed by atoms with Gasteiger partial charge in [0.05, 0.1) is 11.4 Å². The standard InChI is InChI=1S/C36H21NS3/c1-4-12-29-25(8-1)26-20-21-33-35(36(26)40-29)34-24(9-7-15-32(34)39-33)22-16-18-23(19-17-22)37-27-10-2-5-13-30(27)38-31-14-6-3-11-28(31)37/h1-21H. The normalized spacial score (nSPS) is 12.8. The van der Waals surface area contributed by atoms with E-state index in [-0.39, 0.29) is 0 Å². The van der Waals surface area contributed by atoms with Crippen molar-refractivity contribution in [1.29, 1.82) is 0 Å². The van der Waals surface area contributed by atoms with Crippen molar-refractivity contribution in [3.8, 4) is 11.1 Å². The van der Waals surface area contributed by atoms with Gasteiger partial charge >= 0.3 is 0 Å². The molecular formula is C36H21NS3. The number of para-hydroxylation sites is 2. The molecule has 0 atom stereocenters. The molecule has 8 aromatic rings. The van der Waals surface area contributed by atoms with Crippen LogP contribution in [-0.2, 0) is 0 Å². The highest BCUT2D eigenvalue weighted by Gasteiger charge is 2.24. The Labute approximate surface area is 243 Å². The minimum absolute atomic E-state index is 1.18. The van der Waals surface area contributed by atoms with Crippen LogP contribution < -0.4 is 4.90 Å². The van der Waals surface area contributed by atoms with Crippen LogP contribution in [0.5, 0.6) is 0 Å². The fourth-order valence-electron chi connectivity index (χ4n) is 6.10. The van der Waals surface area contributed by atoms with E-state index in [2.05, 4.69) is 132 Å². The second kappa shape index (κ2) is 8.70. The lowest BCUT2D eigenvalue weighted by Gasteiger charge is -2.32. The van der Waals surface area contributed by atoms with Gasteiger partial charge in [-0.2, -0.15) is 0 Å².